The number of aromatic nitrogens is 2. The van der Waals surface area contributed by atoms with E-state index in [1.54, 1.807) is 22.8 Å². The predicted octanol–water partition coefficient (Wildman–Crippen LogP) is 3.67. The Hall–Kier alpha value is -2.97. The van der Waals surface area contributed by atoms with E-state index >= 15 is 0 Å². The maximum Gasteiger partial charge on any atom is 0.332 e. The van der Waals surface area contributed by atoms with E-state index in [0.717, 1.165) is 17.7 Å². The van der Waals surface area contributed by atoms with Crippen LogP contribution in [0.1, 0.15) is 23.8 Å². The fourth-order valence-corrected chi connectivity index (χ4v) is 5.27. The van der Waals surface area contributed by atoms with E-state index in [9.17, 15) is 14.4 Å². The quantitative estimate of drug-likeness (QED) is 0.408. The molecule has 0 radical (unpaired) electrons. The SMILES string of the molecule is C[C@@H](CCc1ccccc1)NC(=O)Cn1c(=O)n(CCc2cccs2)c(=O)c2sccc21. The van der Waals surface area contributed by atoms with Crippen molar-refractivity contribution >= 4 is 38.8 Å². The second kappa shape index (κ2) is 10.1. The second-order valence-corrected chi connectivity index (χ2v) is 9.73. The van der Waals surface area contributed by atoms with Crippen molar-refractivity contribution in [3.8, 4) is 0 Å². The zero-order valence-electron chi connectivity index (χ0n) is 17.8. The van der Waals surface area contributed by atoms with Gasteiger partial charge in [0.1, 0.15) is 11.2 Å². The molecule has 0 bridgehead atoms. The Morgan fingerprint density at radius 3 is 2.53 bits per heavy atom. The number of hydrogen-bond donors (Lipinski definition) is 1. The molecule has 1 N–H and O–H groups in total. The number of aryl methyl sites for hydroxylation is 2. The van der Waals surface area contributed by atoms with Crippen molar-refractivity contribution in [2.45, 2.75) is 45.3 Å². The molecule has 3 aromatic heterocycles. The van der Waals surface area contributed by atoms with Crippen molar-refractivity contribution in [3.05, 3.63) is 90.6 Å². The summed E-state index contributed by atoms with van der Waals surface area (Å²) in [6.07, 6.45) is 2.27. The number of nitrogens with zero attached hydrogens (tertiary/aromatic N) is 2. The summed E-state index contributed by atoms with van der Waals surface area (Å²) in [4.78, 5) is 39.9. The number of thiophene rings is 2. The molecule has 0 unspecified atom stereocenters. The van der Waals surface area contributed by atoms with E-state index in [2.05, 4.69) is 17.4 Å². The zero-order valence-corrected chi connectivity index (χ0v) is 19.5. The molecular weight excluding hydrogens is 442 g/mol. The largest absolute Gasteiger partial charge is 0.352 e. The highest BCUT2D eigenvalue weighted by Gasteiger charge is 2.17. The Balaban J connectivity index is 1.49. The summed E-state index contributed by atoms with van der Waals surface area (Å²) < 4.78 is 3.17. The fraction of sp³-hybridized carbons (Fsp3) is 0.292. The van der Waals surface area contributed by atoms with Crippen LogP contribution in [-0.2, 0) is 30.7 Å². The van der Waals surface area contributed by atoms with E-state index in [4.69, 9.17) is 0 Å². The van der Waals surface area contributed by atoms with Gasteiger partial charge in [0.05, 0.1) is 5.52 Å². The molecule has 0 aliphatic carbocycles. The molecule has 3 heterocycles. The third-order valence-corrected chi connectivity index (χ3v) is 7.24. The molecule has 0 aliphatic rings. The maximum atomic E-state index is 13.1. The first-order valence-corrected chi connectivity index (χ1v) is 12.4. The van der Waals surface area contributed by atoms with Gasteiger partial charge in [-0.3, -0.25) is 18.7 Å². The van der Waals surface area contributed by atoms with E-state index < -0.39 is 5.69 Å². The smallest absolute Gasteiger partial charge is 0.332 e. The minimum atomic E-state index is -0.440. The molecule has 0 aliphatic heterocycles. The molecular formula is C24H25N3O3S2. The summed E-state index contributed by atoms with van der Waals surface area (Å²) in [5, 5.41) is 6.75. The molecule has 4 rings (SSSR count). The average Bonchev–Trinajstić information content (AvgIpc) is 3.48. The molecule has 0 saturated carbocycles. The van der Waals surface area contributed by atoms with Crippen molar-refractivity contribution in [1.82, 2.24) is 14.5 Å². The molecule has 6 nitrogen and oxygen atoms in total. The van der Waals surface area contributed by atoms with Gasteiger partial charge in [-0.25, -0.2) is 4.79 Å². The third-order valence-electron chi connectivity index (χ3n) is 5.42. The van der Waals surface area contributed by atoms with Crippen LogP contribution in [0.4, 0.5) is 0 Å². The molecule has 0 saturated heterocycles. The van der Waals surface area contributed by atoms with Gasteiger partial charge in [0.15, 0.2) is 0 Å². The Morgan fingerprint density at radius 2 is 1.78 bits per heavy atom. The molecule has 0 fully saturated rings. The lowest BCUT2D eigenvalue weighted by molar-refractivity contribution is -0.122. The number of fused-ring (bicyclic) bond motifs is 1. The van der Waals surface area contributed by atoms with Crippen LogP contribution in [0.15, 0.2) is 68.9 Å². The average molecular weight is 468 g/mol. The Labute approximate surface area is 193 Å². The maximum absolute atomic E-state index is 13.1. The van der Waals surface area contributed by atoms with Gasteiger partial charge in [-0.1, -0.05) is 36.4 Å². The fourth-order valence-electron chi connectivity index (χ4n) is 3.72. The molecule has 0 spiro atoms. The Kier molecular flexibility index (Phi) is 7.02. The van der Waals surface area contributed by atoms with Crippen molar-refractivity contribution in [3.63, 3.8) is 0 Å². The van der Waals surface area contributed by atoms with E-state index in [1.165, 1.54) is 26.0 Å². The number of nitrogens with one attached hydrogen (secondary N) is 1. The number of carbonyl (C=O) groups excluding carboxylic acids is 1. The molecule has 32 heavy (non-hydrogen) atoms. The van der Waals surface area contributed by atoms with Crippen LogP contribution in [0, 0.1) is 0 Å². The Bertz CT molecular complexity index is 1300. The first kappa shape index (κ1) is 22.2. The van der Waals surface area contributed by atoms with Crippen LogP contribution >= 0.6 is 22.7 Å². The first-order chi connectivity index (χ1) is 15.5. The number of benzene rings is 1. The van der Waals surface area contributed by atoms with E-state index in [0.29, 0.717) is 23.2 Å². The lowest BCUT2D eigenvalue weighted by Crippen LogP contribution is -2.43. The summed E-state index contributed by atoms with van der Waals surface area (Å²) in [5.74, 6) is -0.233. The van der Waals surface area contributed by atoms with E-state index in [-0.39, 0.29) is 24.1 Å². The highest BCUT2D eigenvalue weighted by Crippen LogP contribution is 2.16. The standard InChI is InChI=1S/C24H25N3O3S2/c1-17(9-10-18-6-3-2-4-7-18)25-21(28)16-27-20-12-15-32-22(20)23(29)26(24(27)30)13-11-19-8-5-14-31-19/h2-8,12,14-15,17H,9-11,13,16H2,1H3,(H,25,28)/t17-/m0/s1. The molecule has 1 amide bonds. The van der Waals surface area contributed by atoms with Crippen molar-refractivity contribution in [1.29, 1.82) is 0 Å². The van der Waals surface area contributed by atoms with Crippen LogP contribution in [0.2, 0.25) is 0 Å². The third kappa shape index (κ3) is 5.08. The van der Waals surface area contributed by atoms with Gasteiger partial charge in [-0.2, -0.15) is 0 Å². The number of hydrogen-bond acceptors (Lipinski definition) is 5. The van der Waals surface area contributed by atoms with Crippen LogP contribution in [0.5, 0.6) is 0 Å². The second-order valence-electron chi connectivity index (χ2n) is 7.78. The van der Waals surface area contributed by atoms with Gasteiger partial charge in [-0.05, 0) is 54.6 Å². The summed E-state index contributed by atoms with van der Waals surface area (Å²) >= 11 is 2.90. The molecule has 8 heteroatoms. The van der Waals surface area contributed by atoms with Gasteiger partial charge in [0.2, 0.25) is 5.91 Å². The van der Waals surface area contributed by atoms with Gasteiger partial charge in [0, 0.05) is 17.5 Å². The predicted molar refractivity (Wildman–Crippen MR) is 131 cm³/mol. The van der Waals surface area contributed by atoms with Crippen molar-refractivity contribution in [2.24, 2.45) is 0 Å². The Morgan fingerprint density at radius 1 is 0.969 bits per heavy atom. The lowest BCUT2D eigenvalue weighted by atomic mass is 10.1. The highest BCUT2D eigenvalue weighted by atomic mass is 32.1. The summed E-state index contributed by atoms with van der Waals surface area (Å²) in [7, 11) is 0. The topological polar surface area (TPSA) is 73.1 Å². The monoisotopic (exact) mass is 467 g/mol. The van der Waals surface area contributed by atoms with Crippen LogP contribution in [0.25, 0.3) is 10.2 Å². The van der Waals surface area contributed by atoms with Crippen molar-refractivity contribution in [2.75, 3.05) is 0 Å². The summed E-state index contributed by atoms with van der Waals surface area (Å²) in [5.41, 5.74) is 1.01. The van der Waals surface area contributed by atoms with Gasteiger partial charge in [-0.15, -0.1) is 22.7 Å². The number of carbonyl (C=O) groups is 1. The van der Waals surface area contributed by atoms with Gasteiger partial charge < -0.3 is 5.32 Å². The molecule has 1 aromatic carbocycles. The molecule has 166 valence electrons. The zero-order chi connectivity index (χ0) is 22.5. The minimum Gasteiger partial charge on any atom is -0.352 e. The van der Waals surface area contributed by atoms with E-state index in [1.807, 2.05) is 42.6 Å². The first-order valence-electron chi connectivity index (χ1n) is 10.6. The number of rotatable bonds is 9. The van der Waals surface area contributed by atoms with Gasteiger partial charge >= 0.3 is 5.69 Å². The normalized spacial score (nSPS) is 12.2. The minimum absolute atomic E-state index is 0.0268. The van der Waals surface area contributed by atoms with Crippen LogP contribution < -0.4 is 16.6 Å². The van der Waals surface area contributed by atoms with Gasteiger partial charge in [0.25, 0.3) is 5.56 Å². The van der Waals surface area contributed by atoms with Crippen molar-refractivity contribution < 1.29 is 4.79 Å². The van der Waals surface area contributed by atoms with Crippen LogP contribution in [0.3, 0.4) is 0 Å². The lowest BCUT2D eigenvalue weighted by Gasteiger charge is -2.16. The summed E-state index contributed by atoms with van der Waals surface area (Å²) in [6.45, 7) is 2.15. The van der Waals surface area contributed by atoms with Crippen LogP contribution in [-0.4, -0.2) is 21.1 Å². The number of amides is 1. The highest BCUT2D eigenvalue weighted by molar-refractivity contribution is 7.17. The molecule has 1 atom stereocenters. The molecule has 4 aromatic rings. The summed E-state index contributed by atoms with van der Waals surface area (Å²) in [6, 6.07) is 15.8.